The van der Waals surface area contributed by atoms with Gasteiger partial charge >= 0.3 is 0 Å². The van der Waals surface area contributed by atoms with Crippen molar-refractivity contribution in [2.75, 3.05) is 28.6 Å². The van der Waals surface area contributed by atoms with Crippen LogP contribution in [0, 0.1) is 5.92 Å². The van der Waals surface area contributed by atoms with E-state index in [1.165, 1.54) is 11.3 Å². The van der Waals surface area contributed by atoms with Gasteiger partial charge < -0.3 is 15.5 Å². The molecule has 1 aliphatic rings. The maximum absolute atomic E-state index is 12.7. The van der Waals surface area contributed by atoms with Gasteiger partial charge in [-0.2, -0.15) is 0 Å². The van der Waals surface area contributed by atoms with Gasteiger partial charge in [-0.1, -0.05) is 23.7 Å². The Kier molecular flexibility index (Phi) is 6.25. The molecule has 2 amide bonds. The molecule has 4 rings (SSSR count). The molecular weight excluding hydrogens is 422 g/mol. The van der Waals surface area contributed by atoms with Crippen molar-refractivity contribution in [3.05, 3.63) is 63.9 Å². The summed E-state index contributed by atoms with van der Waals surface area (Å²) in [6, 6.07) is 14.3. The van der Waals surface area contributed by atoms with Gasteiger partial charge in [0.1, 0.15) is 0 Å². The van der Waals surface area contributed by atoms with Crippen molar-refractivity contribution >= 4 is 51.9 Å². The normalized spacial score (nSPS) is 14.4. The van der Waals surface area contributed by atoms with E-state index >= 15 is 0 Å². The number of rotatable bonds is 5. The van der Waals surface area contributed by atoms with Crippen LogP contribution in [0.5, 0.6) is 0 Å². The first-order valence-electron chi connectivity index (χ1n) is 9.58. The minimum atomic E-state index is -0.161. The predicted octanol–water partition coefficient (Wildman–Crippen LogP) is 4.30. The molecule has 7 nitrogen and oxygen atoms in total. The summed E-state index contributed by atoms with van der Waals surface area (Å²) < 4.78 is 0. The summed E-state index contributed by atoms with van der Waals surface area (Å²) >= 11 is 7.17. The number of piperidine rings is 1. The Balaban J connectivity index is 1.32. The van der Waals surface area contributed by atoms with Crippen molar-refractivity contribution in [2.24, 2.45) is 5.92 Å². The lowest BCUT2D eigenvalue weighted by Gasteiger charge is -2.31. The second-order valence-corrected chi connectivity index (χ2v) is 8.31. The van der Waals surface area contributed by atoms with Crippen molar-refractivity contribution in [3.63, 3.8) is 0 Å². The number of thiophene rings is 1. The monoisotopic (exact) mass is 441 g/mol. The van der Waals surface area contributed by atoms with Crippen LogP contribution in [-0.4, -0.2) is 35.1 Å². The first-order chi connectivity index (χ1) is 14.6. The number of aromatic nitrogens is 2. The van der Waals surface area contributed by atoms with Crippen LogP contribution in [0.1, 0.15) is 22.5 Å². The van der Waals surface area contributed by atoms with Crippen molar-refractivity contribution in [2.45, 2.75) is 12.8 Å². The Bertz CT molecular complexity index is 1020. The van der Waals surface area contributed by atoms with Crippen LogP contribution >= 0.6 is 22.9 Å². The molecule has 0 radical (unpaired) electrons. The van der Waals surface area contributed by atoms with Gasteiger partial charge in [-0.15, -0.1) is 21.5 Å². The molecule has 3 aromatic rings. The molecule has 1 aliphatic heterocycles. The van der Waals surface area contributed by atoms with Crippen LogP contribution in [0.4, 0.5) is 17.2 Å². The zero-order valence-corrected chi connectivity index (χ0v) is 17.6. The fourth-order valence-electron chi connectivity index (χ4n) is 3.37. The van der Waals surface area contributed by atoms with Crippen LogP contribution in [0.15, 0.2) is 53.9 Å². The molecule has 30 heavy (non-hydrogen) atoms. The molecule has 0 bridgehead atoms. The van der Waals surface area contributed by atoms with E-state index in [-0.39, 0.29) is 17.7 Å². The van der Waals surface area contributed by atoms with Gasteiger partial charge in [0.25, 0.3) is 5.91 Å². The molecule has 154 valence electrons. The smallest absolute Gasteiger partial charge is 0.265 e. The van der Waals surface area contributed by atoms with E-state index in [9.17, 15) is 9.59 Å². The second-order valence-electron chi connectivity index (χ2n) is 6.98. The molecule has 0 atom stereocenters. The number of halogens is 1. The van der Waals surface area contributed by atoms with Crippen LogP contribution in [0.3, 0.4) is 0 Å². The third kappa shape index (κ3) is 4.95. The number of anilines is 3. The third-order valence-corrected chi connectivity index (χ3v) is 6.01. The molecule has 2 N–H and O–H groups in total. The summed E-state index contributed by atoms with van der Waals surface area (Å²) in [5.74, 6) is 0.517. The fourth-order valence-corrected chi connectivity index (χ4v) is 4.09. The minimum absolute atomic E-state index is 0.0152. The first-order valence-corrected chi connectivity index (χ1v) is 10.8. The third-order valence-electron chi connectivity index (χ3n) is 4.94. The van der Waals surface area contributed by atoms with Gasteiger partial charge in [-0.25, -0.2) is 0 Å². The van der Waals surface area contributed by atoms with Gasteiger partial charge in [-0.05, 0) is 54.6 Å². The predicted molar refractivity (Wildman–Crippen MR) is 119 cm³/mol. The van der Waals surface area contributed by atoms with E-state index in [1.807, 2.05) is 29.6 Å². The lowest BCUT2D eigenvalue weighted by Crippen LogP contribution is -2.38. The number of nitrogens with zero attached hydrogens (tertiary/aromatic N) is 3. The summed E-state index contributed by atoms with van der Waals surface area (Å²) in [4.78, 5) is 27.7. The highest BCUT2D eigenvalue weighted by atomic mass is 35.5. The molecule has 0 unspecified atom stereocenters. The number of benzene rings is 1. The molecule has 1 saturated heterocycles. The van der Waals surface area contributed by atoms with Crippen LogP contribution < -0.4 is 15.5 Å². The Labute approximate surface area is 183 Å². The summed E-state index contributed by atoms with van der Waals surface area (Å²) in [6.45, 7) is 1.45. The van der Waals surface area contributed by atoms with Crippen molar-refractivity contribution in [3.8, 4) is 0 Å². The number of hydrogen-bond donors (Lipinski definition) is 2. The van der Waals surface area contributed by atoms with Crippen molar-refractivity contribution in [1.82, 2.24) is 10.2 Å². The standard InChI is InChI=1S/C21H20ClN5O2S/c22-18-6-7-19(26-25-18)27-10-8-14(9-11-27)20(28)23-15-3-1-4-16(13-15)24-21(29)17-5-2-12-30-17/h1-7,12-14H,8-11H2,(H,23,28)(H,24,29). The fraction of sp³-hybridized carbons (Fsp3) is 0.238. The number of amides is 2. The van der Waals surface area contributed by atoms with Gasteiger partial charge in [0.15, 0.2) is 11.0 Å². The molecule has 0 aliphatic carbocycles. The van der Waals surface area contributed by atoms with E-state index in [4.69, 9.17) is 11.6 Å². The van der Waals surface area contributed by atoms with Gasteiger partial charge in [-0.3, -0.25) is 9.59 Å². The summed E-state index contributed by atoms with van der Waals surface area (Å²) in [7, 11) is 0. The lowest BCUT2D eigenvalue weighted by molar-refractivity contribution is -0.120. The average molecular weight is 442 g/mol. The zero-order valence-electron chi connectivity index (χ0n) is 16.0. The maximum Gasteiger partial charge on any atom is 0.265 e. The Morgan fingerprint density at radius 1 is 1.00 bits per heavy atom. The quantitative estimate of drug-likeness (QED) is 0.616. The largest absolute Gasteiger partial charge is 0.355 e. The highest BCUT2D eigenvalue weighted by molar-refractivity contribution is 7.12. The number of carbonyl (C=O) groups is 2. The summed E-state index contributed by atoms with van der Waals surface area (Å²) in [5.41, 5.74) is 1.30. The summed E-state index contributed by atoms with van der Waals surface area (Å²) in [6.07, 6.45) is 1.45. The number of carbonyl (C=O) groups excluding carboxylic acids is 2. The van der Waals surface area contributed by atoms with Crippen LogP contribution in [0.25, 0.3) is 0 Å². The topological polar surface area (TPSA) is 87.2 Å². The Hall–Kier alpha value is -2.97. The molecule has 3 heterocycles. The van der Waals surface area contributed by atoms with Gasteiger partial charge in [0.05, 0.1) is 4.88 Å². The van der Waals surface area contributed by atoms with Crippen molar-refractivity contribution < 1.29 is 9.59 Å². The van der Waals surface area contributed by atoms with Crippen LogP contribution in [-0.2, 0) is 4.79 Å². The van der Waals surface area contributed by atoms with E-state index in [2.05, 4.69) is 25.7 Å². The van der Waals surface area contributed by atoms with Crippen LogP contribution in [0.2, 0.25) is 5.15 Å². The maximum atomic E-state index is 12.7. The highest BCUT2D eigenvalue weighted by Gasteiger charge is 2.26. The molecule has 9 heteroatoms. The number of nitrogens with one attached hydrogen (secondary N) is 2. The van der Waals surface area contributed by atoms with Gasteiger partial charge in [0.2, 0.25) is 5.91 Å². The molecule has 0 saturated carbocycles. The molecule has 1 aromatic carbocycles. The van der Waals surface area contributed by atoms with E-state index in [0.29, 0.717) is 21.4 Å². The SMILES string of the molecule is O=C(Nc1cccc(NC(=O)C2CCN(c3ccc(Cl)nn3)CC2)c1)c1cccs1. The second kappa shape index (κ2) is 9.23. The zero-order chi connectivity index (χ0) is 20.9. The van der Waals surface area contributed by atoms with E-state index in [1.54, 1.807) is 24.3 Å². The highest BCUT2D eigenvalue weighted by Crippen LogP contribution is 2.24. The lowest BCUT2D eigenvalue weighted by atomic mass is 9.96. The molecule has 2 aromatic heterocycles. The minimum Gasteiger partial charge on any atom is -0.355 e. The summed E-state index contributed by atoms with van der Waals surface area (Å²) in [5, 5.41) is 16.0. The molecule has 0 spiro atoms. The van der Waals surface area contributed by atoms with Crippen molar-refractivity contribution in [1.29, 1.82) is 0 Å². The van der Waals surface area contributed by atoms with E-state index < -0.39 is 0 Å². The Morgan fingerprint density at radius 3 is 2.43 bits per heavy atom. The number of hydrogen-bond acceptors (Lipinski definition) is 6. The van der Waals surface area contributed by atoms with E-state index in [0.717, 1.165) is 31.7 Å². The molecule has 1 fully saturated rings. The molecular formula is C21H20ClN5O2S. The average Bonchev–Trinajstić information content (AvgIpc) is 3.30. The van der Waals surface area contributed by atoms with Gasteiger partial charge in [0, 0.05) is 30.4 Å². The Morgan fingerprint density at radius 2 is 1.77 bits per heavy atom. The first kappa shape index (κ1) is 20.3.